The Balaban J connectivity index is 1.39. The molecule has 0 unspecified atom stereocenters. The molecule has 1 saturated heterocycles. The fourth-order valence-electron chi connectivity index (χ4n) is 12.0. The Morgan fingerprint density at radius 2 is 1.54 bits per heavy atom. The molecule has 16 atom stereocenters. The highest BCUT2D eigenvalue weighted by Crippen LogP contribution is 2.76. The molecule has 5 fully saturated rings. The van der Waals surface area contributed by atoms with Crippen LogP contribution in [0.4, 0.5) is 0 Å². The second kappa shape index (κ2) is 13.1. The van der Waals surface area contributed by atoms with Crippen LogP contribution in [0.3, 0.4) is 0 Å². The number of aliphatic hydroxyl groups excluding tert-OH is 5. The first-order chi connectivity index (χ1) is 22.1. The lowest BCUT2D eigenvalue weighted by atomic mass is 9.34. The predicted octanol–water partition coefficient (Wildman–Crippen LogP) is 3.72. The fraction of sp³-hybridized carbons (Fsp3) is 0.921. The molecule has 1 heterocycles. The van der Waals surface area contributed by atoms with Gasteiger partial charge < -0.3 is 44.8 Å². The lowest BCUT2D eigenvalue weighted by Crippen LogP contribution is -2.73. The van der Waals surface area contributed by atoms with Gasteiger partial charge in [-0.2, -0.15) is 0 Å². The second-order valence-corrected chi connectivity index (χ2v) is 18.0. The van der Waals surface area contributed by atoms with Crippen LogP contribution < -0.4 is 0 Å². The zero-order chi connectivity index (χ0) is 35.8. The summed E-state index contributed by atoms with van der Waals surface area (Å²) in [5.74, 6) is 0.499. The fourth-order valence-corrected chi connectivity index (χ4v) is 12.0. The first-order valence-electron chi connectivity index (χ1n) is 18.4. The molecule has 0 amide bonds. The summed E-state index contributed by atoms with van der Waals surface area (Å²) in [7, 11) is 0. The molecule has 276 valence electrons. The largest absolute Gasteiger partial charge is 0.463 e. The van der Waals surface area contributed by atoms with E-state index in [1.54, 1.807) is 0 Å². The Morgan fingerprint density at radius 3 is 2.17 bits per heavy atom. The van der Waals surface area contributed by atoms with E-state index in [4.69, 9.17) is 14.2 Å². The van der Waals surface area contributed by atoms with Crippen LogP contribution in [0.1, 0.15) is 107 Å². The minimum atomic E-state index is -1.63. The number of hydrogen-bond donors (Lipinski definition) is 6. The van der Waals surface area contributed by atoms with E-state index in [1.165, 1.54) is 6.92 Å². The highest BCUT2D eigenvalue weighted by Gasteiger charge is 2.73. The van der Waals surface area contributed by atoms with Crippen molar-refractivity contribution in [2.45, 2.75) is 162 Å². The summed E-state index contributed by atoms with van der Waals surface area (Å²) in [6.45, 7) is 18.2. The molecule has 0 radical (unpaired) electrons. The third-order valence-corrected chi connectivity index (χ3v) is 14.7. The molecule has 4 aliphatic carbocycles. The van der Waals surface area contributed by atoms with Crippen LogP contribution in [0.2, 0.25) is 0 Å². The van der Waals surface area contributed by atoms with Crippen molar-refractivity contribution in [2.24, 2.45) is 51.2 Å². The van der Waals surface area contributed by atoms with Crippen LogP contribution >= 0.6 is 0 Å². The van der Waals surface area contributed by atoms with Crippen molar-refractivity contribution < 1.29 is 49.6 Å². The van der Waals surface area contributed by atoms with Crippen LogP contribution in [-0.4, -0.2) is 97.8 Å². The summed E-state index contributed by atoms with van der Waals surface area (Å²) in [5, 5.41) is 67.9. The summed E-state index contributed by atoms with van der Waals surface area (Å²) in [6, 6.07) is 0. The van der Waals surface area contributed by atoms with E-state index < -0.39 is 71.4 Å². The van der Waals surface area contributed by atoms with Gasteiger partial charge in [-0.1, -0.05) is 60.6 Å². The normalized spacial score (nSPS) is 50.0. The summed E-state index contributed by atoms with van der Waals surface area (Å²) in [6.07, 6.45) is -0.172. The average molecular weight is 681 g/mol. The van der Waals surface area contributed by atoms with Gasteiger partial charge in [0.25, 0.3) is 0 Å². The minimum absolute atomic E-state index is 0.0313. The van der Waals surface area contributed by atoms with Crippen molar-refractivity contribution >= 4 is 5.97 Å². The molecular weight excluding hydrogens is 616 g/mol. The lowest BCUT2D eigenvalue weighted by molar-refractivity contribution is -0.355. The first-order valence-corrected chi connectivity index (χ1v) is 18.4. The highest BCUT2D eigenvalue weighted by atomic mass is 16.7. The third-order valence-electron chi connectivity index (χ3n) is 14.7. The predicted molar refractivity (Wildman–Crippen MR) is 179 cm³/mol. The van der Waals surface area contributed by atoms with Gasteiger partial charge in [0.2, 0.25) is 0 Å². The Kier molecular flexibility index (Phi) is 10.4. The number of rotatable bonds is 8. The number of carbonyl (C=O) groups excluding carboxylic acids is 1. The molecule has 0 aromatic rings. The van der Waals surface area contributed by atoms with Crippen molar-refractivity contribution in [3.63, 3.8) is 0 Å². The number of ether oxygens (including phenoxy) is 3. The number of fused-ring (bicyclic) bond motifs is 5. The number of esters is 1. The third kappa shape index (κ3) is 5.92. The topological polar surface area (TPSA) is 166 Å². The van der Waals surface area contributed by atoms with E-state index in [2.05, 4.69) is 46.8 Å². The summed E-state index contributed by atoms with van der Waals surface area (Å²) in [5.41, 5.74) is -2.25. The Labute approximate surface area is 287 Å². The van der Waals surface area contributed by atoms with Crippen molar-refractivity contribution in [2.75, 3.05) is 6.61 Å². The zero-order valence-electron chi connectivity index (χ0n) is 30.6. The van der Waals surface area contributed by atoms with Gasteiger partial charge in [-0.25, -0.2) is 0 Å². The number of hydrogen-bond acceptors (Lipinski definition) is 10. The molecule has 0 spiro atoms. The molecule has 1 aliphatic heterocycles. The standard InChI is InChI=1S/C38H64O10/c1-20(2)11-10-16-37(8,45)23-14-17-35(6)22(23)12-13-26-36(35,7)18-15-25-34(4,5)32(30(43)31(44)38(25,26)9)48-33-29(42)28(41)27(40)24(47-33)19-46-21(3)39/h10-11,20,22-33,40-45H,12-19H2,1-9H3/b11-10+/t22-,23+,24-,25+,26+,27-,28+,29-,30-,31-,32+,33+,35-,36-,37-,38+/m1/s1. The van der Waals surface area contributed by atoms with Gasteiger partial charge in [0.15, 0.2) is 6.29 Å². The summed E-state index contributed by atoms with van der Waals surface area (Å²) >= 11 is 0. The molecule has 10 heteroatoms. The van der Waals surface area contributed by atoms with Gasteiger partial charge in [0, 0.05) is 12.3 Å². The van der Waals surface area contributed by atoms with Gasteiger partial charge in [-0.05, 0) is 97.7 Å². The summed E-state index contributed by atoms with van der Waals surface area (Å²) in [4.78, 5) is 11.4. The lowest BCUT2D eigenvalue weighted by Gasteiger charge is -2.71. The molecule has 0 bridgehead atoms. The number of aliphatic hydroxyl groups is 6. The van der Waals surface area contributed by atoms with E-state index in [1.807, 2.05) is 20.8 Å². The maximum atomic E-state index is 12.2. The minimum Gasteiger partial charge on any atom is -0.463 e. The van der Waals surface area contributed by atoms with Gasteiger partial charge in [0.05, 0.1) is 17.8 Å². The Bertz CT molecular complexity index is 1200. The SMILES string of the molecule is CC(=O)OC[C@H]1O[C@@H](O[C@H]2[C@H](O)[C@@H](O)[C@]3(C)[C@H]4CC[C@@H]5[C@@H]([C@](C)(O)C/C=C/C(C)C)CC[C@@]5(C)[C@]4(C)CC[C@H]3C2(C)C)[C@H](O)[C@@H](O)[C@@H]1O. The van der Waals surface area contributed by atoms with E-state index in [9.17, 15) is 35.4 Å². The van der Waals surface area contributed by atoms with Crippen LogP contribution in [0.15, 0.2) is 12.2 Å². The molecule has 4 saturated carbocycles. The Hall–Kier alpha value is -1.11. The maximum absolute atomic E-state index is 12.2. The van der Waals surface area contributed by atoms with Crippen molar-refractivity contribution in [1.82, 2.24) is 0 Å². The van der Waals surface area contributed by atoms with E-state index in [-0.39, 0.29) is 35.2 Å². The van der Waals surface area contributed by atoms with Crippen LogP contribution in [0.25, 0.3) is 0 Å². The van der Waals surface area contributed by atoms with Gasteiger partial charge in [-0.15, -0.1) is 0 Å². The molecular formula is C38H64O10. The molecule has 10 nitrogen and oxygen atoms in total. The molecule has 0 aromatic carbocycles. The number of carbonyl (C=O) groups is 1. The quantitative estimate of drug-likeness (QED) is 0.126. The maximum Gasteiger partial charge on any atom is 0.302 e. The monoisotopic (exact) mass is 680 g/mol. The van der Waals surface area contributed by atoms with Crippen molar-refractivity contribution in [1.29, 1.82) is 0 Å². The van der Waals surface area contributed by atoms with Crippen molar-refractivity contribution in [3.8, 4) is 0 Å². The highest BCUT2D eigenvalue weighted by molar-refractivity contribution is 5.65. The van der Waals surface area contributed by atoms with E-state index in [0.29, 0.717) is 18.3 Å². The Morgan fingerprint density at radius 1 is 0.896 bits per heavy atom. The van der Waals surface area contributed by atoms with Crippen molar-refractivity contribution in [3.05, 3.63) is 12.2 Å². The van der Waals surface area contributed by atoms with Gasteiger partial charge in [0.1, 0.15) is 37.1 Å². The average Bonchev–Trinajstić information content (AvgIpc) is 3.36. The molecule has 5 aliphatic rings. The van der Waals surface area contributed by atoms with E-state index >= 15 is 0 Å². The first kappa shape index (κ1) is 38.1. The van der Waals surface area contributed by atoms with Gasteiger partial charge in [-0.3, -0.25) is 4.79 Å². The van der Waals surface area contributed by atoms with Crippen LogP contribution in [0.5, 0.6) is 0 Å². The van der Waals surface area contributed by atoms with E-state index in [0.717, 1.165) is 38.5 Å². The molecule has 0 aromatic heterocycles. The number of allylic oxidation sites excluding steroid dienone is 1. The molecule has 6 N–H and O–H groups in total. The van der Waals surface area contributed by atoms with Crippen LogP contribution in [0, 0.1) is 51.2 Å². The van der Waals surface area contributed by atoms with Gasteiger partial charge >= 0.3 is 5.97 Å². The smallest absolute Gasteiger partial charge is 0.302 e. The summed E-state index contributed by atoms with van der Waals surface area (Å²) < 4.78 is 17.2. The molecule has 5 rings (SSSR count). The zero-order valence-corrected chi connectivity index (χ0v) is 30.6. The molecule has 48 heavy (non-hydrogen) atoms. The van der Waals surface area contributed by atoms with Crippen LogP contribution in [-0.2, 0) is 19.0 Å². The second-order valence-electron chi connectivity index (χ2n) is 18.0.